The summed E-state index contributed by atoms with van der Waals surface area (Å²) in [6.07, 6.45) is 17.7. The lowest BCUT2D eigenvalue weighted by molar-refractivity contribution is 0.215. The summed E-state index contributed by atoms with van der Waals surface area (Å²) in [6.45, 7) is 14.4. The molecular formula is C22H44. The molecule has 0 aromatic carbocycles. The topological polar surface area (TPSA) is 0 Å². The van der Waals surface area contributed by atoms with E-state index in [2.05, 4.69) is 41.5 Å². The van der Waals surface area contributed by atoms with Gasteiger partial charge in [-0.25, -0.2) is 0 Å². The highest BCUT2D eigenvalue weighted by atomic mass is 14.3. The zero-order valence-corrected chi connectivity index (χ0v) is 16.6. The molecule has 0 heteroatoms. The van der Waals surface area contributed by atoms with Gasteiger partial charge in [0.25, 0.3) is 0 Å². The first-order chi connectivity index (χ1) is 10.2. The van der Waals surface area contributed by atoms with Crippen LogP contribution in [0.5, 0.6) is 0 Å². The van der Waals surface area contributed by atoms with Crippen molar-refractivity contribution >= 4 is 0 Å². The maximum absolute atomic E-state index is 2.39. The molecule has 22 heavy (non-hydrogen) atoms. The van der Waals surface area contributed by atoms with Crippen molar-refractivity contribution in [1.29, 1.82) is 0 Å². The Bertz CT molecular complexity index is 229. The van der Waals surface area contributed by atoms with Crippen LogP contribution in [0.1, 0.15) is 119 Å². The van der Waals surface area contributed by atoms with Crippen molar-refractivity contribution in [1.82, 2.24) is 0 Å². The molecule has 0 unspecified atom stereocenters. The van der Waals surface area contributed by atoms with Crippen LogP contribution in [0.4, 0.5) is 0 Å². The molecule has 0 aliphatic heterocycles. The van der Waals surface area contributed by atoms with Gasteiger partial charge in [-0.05, 0) is 48.3 Å². The third-order valence-electron chi connectivity index (χ3n) is 6.16. The molecule has 0 heterocycles. The van der Waals surface area contributed by atoms with E-state index < -0.39 is 0 Å². The lowest BCUT2D eigenvalue weighted by Gasteiger charge is -2.29. The van der Waals surface area contributed by atoms with E-state index >= 15 is 0 Å². The molecule has 2 fully saturated rings. The predicted molar refractivity (Wildman–Crippen MR) is 101 cm³/mol. The van der Waals surface area contributed by atoms with Crippen LogP contribution >= 0.6 is 0 Å². The van der Waals surface area contributed by atoms with Crippen LogP contribution in [0, 0.1) is 22.7 Å². The van der Waals surface area contributed by atoms with Gasteiger partial charge < -0.3 is 0 Å². The first-order valence-electron chi connectivity index (χ1n) is 10.2. The molecule has 0 aromatic heterocycles. The van der Waals surface area contributed by atoms with Crippen molar-refractivity contribution in [3.63, 3.8) is 0 Å². The summed E-state index contributed by atoms with van der Waals surface area (Å²) in [5, 5.41) is 0. The Morgan fingerprint density at radius 1 is 0.409 bits per heavy atom. The summed E-state index contributed by atoms with van der Waals surface area (Å²) in [5.74, 6) is 1.98. The Hall–Kier alpha value is 0. The molecule has 0 atom stereocenters. The van der Waals surface area contributed by atoms with Gasteiger partial charge in [-0.2, -0.15) is 0 Å². The Morgan fingerprint density at radius 2 is 0.636 bits per heavy atom. The quantitative estimate of drug-likeness (QED) is 0.397. The van der Waals surface area contributed by atoms with E-state index in [0.717, 1.165) is 11.8 Å². The predicted octanol–water partition coefficient (Wildman–Crippen LogP) is 8.01. The van der Waals surface area contributed by atoms with Crippen LogP contribution in [-0.2, 0) is 0 Å². The van der Waals surface area contributed by atoms with E-state index in [4.69, 9.17) is 0 Å². The van der Waals surface area contributed by atoms with Crippen LogP contribution in [0.2, 0.25) is 0 Å². The van der Waals surface area contributed by atoms with Crippen molar-refractivity contribution in [2.45, 2.75) is 119 Å². The normalized spacial score (nSPS) is 23.2. The molecule has 2 rings (SSSR count). The summed E-state index contributed by atoms with van der Waals surface area (Å²) in [5.41, 5.74) is 1.12. The Labute approximate surface area is 141 Å². The highest BCUT2D eigenvalue weighted by Crippen LogP contribution is 2.37. The van der Waals surface area contributed by atoms with Crippen LogP contribution in [0.15, 0.2) is 0 Å². The lowest BCUT2D eigenvalue weighted by atomic mass is 9.76. The van der Waals surface area contributed by atoms with E-state index in [1.54, 1.807) is 0 Å². The fourth-order valence-electron chi connectivity index (χ4n) is 4.29. The SMILES string of the molecule is CC(C)(C)C1CCCCCC1.CC(C)(C)C1CCCCCC1. The van der Waals surface area contributed by atoms with E-state index in [9.17, 15) is 0 Å². The second-order valence-corrected chi connectivity index (χ2v) is 10.1. The van der Waals surface area contributed by atoms with Crippen molar-refractivity contribution in [3.8, 4) is 0 Å². The monoisotopic (exact) mass is 308 g/mol. The Kier molecular flexibility index (Phi) is 8.50. The van der Waals surface area contributed by atoms with E-state index in [1.807, 2.05) is 0 Å². The lowest BCUT2D eigenvalue weighted by Crippen LogP contribution is -2.19. The molecule has 2 aliphatic rings. The zero-order chi connectivity index (χ0) is 16.6. The van der Waals surface area contributed by atoms with Gasteiger partial charge in [0.2, 0.25) is 0 Å². The van der Waals surface area contributed by atoms with Gasteiger partial charge in [0.15, 0.2) is 0 Å². The molecule has 132 valence electrons. The van der Waals surface area contributed by atoms with Gasteiger partial charge >= 0.3 is 0 Å². The van der Waals surface area contributed by atoms with Crippen molar-refractivity contribution in [2.75, 3.05) is 0 Å². The third kappa shape index (κ3) is 8.02. The summed E-state index contributed by atoms with van der Waals surface area (Å²) >= 11 is 0. The average Bonchev–Trinajstić information content (AvgIpc) is 2.83. The van der Waals surface area contributed by atoms with Crippen LogP contribution in [0.25, 0.3) is 0 Å². The summed E-state index contributed by atoms with van der Waals surface area (Å²) in [4.78, 5) is 0. The van der Waals surface area contributed by atoms with Gasteiger partial charge in [0.1, 0.15) is 0 Å². The first-order valence-corrected chi connectivity index (χ1v) is 10.2. The van der Waals surface area contributed by atoms with Crippen LogP contribution in [-0.4, -0.2) is 0 Å². The Morgan fingerprint density at radius 3 is 0.818 bits per heavy atom. The molecule has 0 spiro atoms. The largest absolute Gasteiger partial charge is 0.0599 e. The van der Waals surface area contributed by atoms with Gasteiger partial charge in [-0.3, -0.25) is 0 Å². The van der Waals surface area contributed by atoms with Crippen molar-refractivity contribution in [3.05, 3.63) is 0 Å². The first kappa shape index (κ1) is 20.0. The second kappa shape index (κ2) is 9.33. The van der Waals surface area contributed by atoms with Crippen molar-refractivity contribution < 1.29 is 0 Å². The number of hydrogen-bond acceptors (Lipinski definition) is 0. The van der Waals surface area contributed by atoms with Crippen LogP contribution in [0.3, 0.4) is 0 Å². The number of hydrogen-bond donors (Lipinski definition) is 0. The molecule has 0 amide bonds. The summed E-state index contributed by atoms with van der Waals surface area (Å²) in [6, 6.07) is 0. The summed E-state index contributed by atoms with van der Waals surface area (Å²) < 4.78 is 0. The van der Waals surface area contributed by atoms with E-state index in [-0.39, 0.29) is 0 Å². The number of rotatable bonds is 0. The highest BCUT2D eigenvalue weighted by molar-refractivity contribution is 4.76. The molecule has 2 saturated carbocycles. The molecular weight excluding hydrogens is 264 g/mol. The molecule has 0 saturated heterocycles. The molecule has 0 nitrogen and oxygen atoms in total. The molecule has 2 aliphatic carbocycles. The van der Waals surface area contributed by atoms with E-state index in [0.29, 0.717) is 10.8 Å². The minimum absolute atomic E-state index is 0.560. The minimum Gasteiger partial charge on any atom is -0.0599 e. The fourth-order valence-corrected chi connectivity index (χ4v) is 4.29. The Balaban J connectivity index is 0.000000220. The standard InChI is InChI=1S/2C11H22/c2*1-11(2,3)10-8-6-4-5-7-9-10/h2*10H,4-9H2,1-3H3. The molecule has 0 aromatic rings. The molecule has 0 radical (unpaired) electrons. The van der Waals surface area contributed by atoms with E-state index in [1.165, 1.54) is 77.0 Å². The third-order valence-corrected chi connectivity index (χ3v) is 6.16. The second-order valence-electron chi connectivity index (χ2n) is 10.1. The van der Waals surface area contributed by atoms with Crippen LogP contribution < -0.4 is 0 Å². The van der Waals surface area contributed by atoms with Gasteiger partial charge in [0.05, 0.1) is 0 Å². The fraction of sp³-hybridized carbons (Fsp3) is 1.00. The maximum Gasteiger partial charge on any atom is -0.0354 e. The smallest absolute Gasteiger partial charge is 0.0354 e. The van der Waals surface area contributed by atoms with Gasteiger partial charge in [-0.15, -0.1) is 0 Å². The minimum atomic E-state index is 0.560. The molecule has 0 N–H and O–H groups in total. The summed E-state index contributed by atoms with van der Waals surface area (Å²) in [7, 11) is 0. The highest BCUT2D eigenvalue weighted by Gasteiger charge is 2.25. The van der Waals surface area contributed by atoms with Crippen molar-refractivity contribution in [2.24, 2.45) is 22.7 Å². The molecule has 0 bridgehead atoms. The zero-order valence-electron chi connectivity index (χ0n) is 16.6. The average molecular weight is 309 g/mol. The van der Waals surface area contributed by atoms with Gasteiger partial charge in [-0.1, -0.05) is 92.9 Å². The van der Waals surface area contributed by atoms with Gasteiger partial charge in [0, 0.05) is 0 Å². The maximum atomic E-state index is 2.39.